The van der Waals surface area contributed by atoms with E-state index in [4.69, 9.17) is 4.74 Å². The summed E-state index contributed by atoms with van der Waals surface area (Å²) >= 11 is 0. The Hall–Kier alpha value is -0.900. The number of Topliss-reactive ketones (excluding diaryl/α,β-unsaturated/α-hetero) is 1. The largest absolute Gasteiger partial charge is 0.378 e. The Bertz CT molecular complexity index is 438. The van der Waals surface area contributed by atoms with Gasteiger partial charge in [-0.05, 0) is 23.2 Å². The number of morpholine rings is 1. The van der Waals surface area contributed by atoms with Crippen LogP contribution in [0, 0.1) is 28.6 Å². The maximum absolute atomic E-state index is 13.0. The molecule has 0 aromatic rings. The second kappa shape index (κ2) is 5.95. The summed E-state index contributed by atoms with van der Waals surface area (Å²) in [6.45, 7) is 15.1. The van der Waals surface area contributed by atoms with Crippen LogP contribution in [0.3, 0.4) is 0 Å². The second-order valence-electron chi connectivity index (χ2n) is 8.94. The van der Waals surface area contributed by atoms with E-state index < -0.39 is 5.92 Å². The third-order valence-corrected chi connectivity index (χ3v) is 5.29. The normalized spacial score (nSPS) is 30.7. The first-order chi connectivity index (χ1) is 10.0. The summed E-state index contributed by atoms with van der Waals surface area (Å²) in [5.41, 5.74) is -0.122. The standard InChI is InChI=1S/C18H31NO3/c1-17(2,3)12-11-13(18(4,5)6)15(20)14(12)16(21)19-7-9-22-10-8-19/h12-14H,7-11H2,1-6H3/t12-,13-,14-/m1/s1. The fraction of sp³-hybridized carbons (Fsp3) is 0.889. The molecule has 0 aromatic heterocycles. The number of hydrogen-bond donors (Lipinski definition) is 0. The third-order valence-electron chi connectivity index (χ3n) is 5.29. The molecule has 0 radical (unpaired) electrons. The van der Waals surface area contributed by atoms with Crippen molar-refractivity contribution in [2.24, 2.45) is 28.6 Å². The minimum absolute atomic E-state index is 0.0216. The number of amides is 1. The smallest absolute Gasteiger partial charge is 0.233 e. The zero-order chi connectivity index (χ0) is 16.7. The van der Waals surface area contributed by atoms with Crippen molar-refractivity contribution in [2.75, 3.05) is 26.3 Å². The zero-order valence-electron chi connectivity index (χ0n) is 14.9. The van der Waals surface area contributed by atoms with Gasteiger partial charge in [0.25, 0.3) is 0 Å². The second-order valence-corrected chi connectivity index (χ2v) is 8.94. The lowest BCUT2D eigenvalue weighted by Crippen LogP contribution is -2.48. The van der Waals surface area contributed by atoms with Crippen molar-refractivity contribution in [1.29, 1.82) is 0 Å². The minimum Gasteiger partial charge on any atom is -0.378 e. The first-order valence-corrected chi connectivity index (χ1v) is 8.43. The van der Waals surface area contributed by atoms with Gasteiger partial charge in [0.15, 0.2) is 0 Å². The Morgan fingerprint density at radius 3 is 2.05 bits per heavy atom. The van der Waals surface area contributed by atoms with Gasteiger partial charge in [-0.2, -0.15) is 0 Å². The number of nitrogens with zero attached hydrogens (tertiary/aromatic N) is 1. The average molecular weight is 309 g/mol. The fourth-order valence-electron chi connectivity index (χ4n) is 3.83. The maximum atomic E-state index is 13.0. The molecule has 2 aliphatic rings. The van der Waals surface area contributed by atoms with Crippen LogP contribution in [0.5, 0.6) is 0 Å². The van der Waals surface area contributed by atoms with E-state index in [1.54, 1.807) is 0 Å². The molecule has 0 N–H and O–H groups in total. The van der Waals surface area contributed by atoms with Crippen LogP contribution in [0.25, 0.3) is 0 Å². The summed E-state index contributed by atoms with van der Waals surface area (Å²) in [6, 6.07) is 0. The van der Waals surface area contributed by atoms with E-state index in [9.17, 15) is 9.59 Å². The molecule has 0 aromatic carbocycles. The van der Waals surface area contributed by atoms with Crippen LogP contribution in [0.15, 0.2) is 0 Å². The van der Waals surface area contributed by atoms with E-state index in [1.807, 2.05) is 4.90 Å². The van der Waals surface area contributed by atoms with Gasteiger partial charge in [0, 0.05) is 19.0 Å². The van der Waals surface area contributed by atoms with E-state index in [1.165, 1.54) is 0 Å². The SMILES string of the molecule is CC(C)(C)[C@@H]1C[C@@H](C(C)(C)C)[C@@H](C(=O)N2CCOCC2)C1=O. The molecule has 4 nitrogen and oxygen atoms in total. The highest BCUT2D eigenvalue weighted by atomic mass is 16.5. The molecular weight excluding hydrogens is 278 g/mol. The highest BCUT2D eigenvalue weighted by Crippen LogP contribution is 2.50. The molecule has 22 heavy (non-hydrogen) atoms. The summed E-state index contributed by atoms with van der Waals surface area (Å²) in [5, 5.41) is 0. The van der Waals surface area contributed by atoms with Crippen LogP contribution in [0.4, 0.5) is 0 Å². The molecule has 1 aliphatic heterocycles. The molecule has 0 spiro atoms. The van der Waals surface area contributed by atoms with Gasteiger partial charge < -0.3 is 9.64 Å². The Balaban J connectivity index is 2.28. The molecule has 4 heteroatoms. The van der Waals surface area contributed by atoms with Gasteiger partial charge in [0.2, 0.25) is 5.91 Å². The topological polar surface area (TPSA) is 46.6 Å². The lowest BCUT2D eigenvalue weighted by Gasteiger charge is -2.35. The van der Waals surface area contributed by atoms with Crippen molar-refractivity contribution < 1.29 is 14.3 Å². The molecule has 2 fully saturated rings. The molecule has 2 rings (SSSR count). The first-order valence-electron chi connectivity index (χ1n) is 8.43. The van der Waals surface area contributed by atoms with Crippen LogP contribution in [0.1, 0.15) is 48.0 Å². The number of rotatable bonds is 1. The quantitative estimate of drug-likeness (QED) is 0.700. The van der Waals surface area contributed by atoms with Gasteiger partial charge >= 0.3 is 0 Å². The van der Waals surface area contributed by atoms with Crippen molar-refractivity contribution in [3.05, 3.63) is 0 Å². The summed E-state index contributed by atoms with van der Waals surface area (Å²) in [4.78, 5) is 27.8. The number of carbonyl (C=O) groups is 2. The number of ketones is 1. The third kappa shape index (κ3) is 3.37. The Kier molecular flexibility index (Phi) is 4.72. The Morgan fingerprint density at radius 2 is 1.59 bits per heavy atom. The summed E-state index contributed by atoms with van der Waals surface area (Å²) in [7, 11) is 0. The summed E-state index contributed by atoms with van der Waals surface area (Å²) in [5.74, 6) is -0.183. The lowest BCUT2D eigenvalue weighted by molar-refractivity contribution is -0.147. The highest BCUT2D eigenvalue weighted by molar-refractivity contribution is 6.04. The predicted octanol–water partition coefficient (Wildman–Crippen LogP) is 2.76. The molecule has 1 saturated carbocycles. The molecule has 1 saturated heterocycles. The summed E-state index contributed by atoms with van der Waals surface area (Å²) in [6.07, 6.45) is 0.826. The first kappa shape index (κ1) is 17.5. The lowest BCUT2D eigenvalue weighted by atomic mass is 9.73. The Morgan fingerprint density at radius 1 is 1.05 bits per heavy atom. The van der Waals surface area contributed by atoms with Gasteiger partial charge in [-0.1, -0.05) is 41.5 Å². The average Bonchev–Trinajstić information content (AvgIpc) is 2.76. The number of carbonyl (C=O) groups excluding carboxylic acids is 2. The highest BCUT2D eigenvalue weighted by Gasteiger charge is 2.54. The molecule has 1 aliphatic carbocycles. The van der Waals surface area contributed by atoms with Crippen LogP contribution in [0.2, 0.25) is 0 Å². The van der Waals surface area contributed by atoms with Crippen LogP contribution in [-0.2, 0) is 14.3 Å². The predicted molar refractivity (Wildman–Crippen MR) is 86.4 cm³/mol. The van der Waals surface area contributed by atoms with E-state index in [0.29, 0.717) is 26.3 Å². The maximum Gasteiger partial charge on any atom is 0.233 e. The zero-order valence-corrected chi connectivity index (χ0v) is 14.9. The molecule has 1 heterocycles. The molecule has 0 unspecified atom stereocenters. The number of ether oxygens (including phenoxy) is 1. The molecule has 126 valence electrons. The van der Waals surface area contributed by atoms with Gasteiger partial charge in [0.05, 0.1) is 13.2 Å². The van der Waals surface area contributed by atoms with E-state index in [-0.39, 0.29) is 34.4 Å². The van der Waals surface area contributed by atoms with E-state index in [2.05, 4.69) is 41.5 Å². The monoisotopic (exact) mass is 309 g/mol. The van der Waals surface area contributed by atoms with Gasteiger partial charge in [-0.15, -0.1) is 0 Å². The van der Waals surface area contributed by atoms with Gasteiger partial charge in [-0.3, -0.25) is 9.59 Å². The molecule has 1 amide bonds. The number of hydrogen-bond acceptors (Lipinski definition) is 3. The molecular formula is C18H31NO3. The van der Waals surface area contributed by atoms with Crippen LogP contribution in [-0.4, -0.2) is 42.9 Å². The molecule has 3 atom stereocenters. The molecule has 0 bridgehead atoms. The van der Waals surface area contributed by atoms with Crippen LogP contribution < -0.4 is 0 Å². The van der Waals surface area contributed by atoms with Crippen molar-refractivity contribution in [3.63, 3.8) is 0 Å². The van der Waals surface area contributed by atoms with Crippen molar-refractivity contribution in [2.45, 2.75) is 48.0 Å². The fourth-order valence-corrected chi connectivity index (χ4v) is 3.83. The Labute approximate surface area is 134 Å². The van der Waals surface area contributed by atoms with Gasteiger partial charge in [0.1, 0.15) is 11.7 Å². The summed E-state index contributed by atoms with van der Waals surface area (Å²) < 4.78 is 5.33. The van der Waals surface area contributed by atoms with Gasteiger partial charge in [-0.25, -0.2) is 0 Å². The van der Waals surface area contributed by atoms with Crippen molar-refractivity contribution in [3.8, 4) is 0 Å². The van der Waals surface area contributed by atoms with E-state index >= 15 is 0 Å². The van der Waals surface area contributed by atoms with Crippen molar-refractivity contribution in [1.82, 2.24) is 4.90 Å². The van der Waals surface area contributed by atoms with Crippen LogP contribution >= 0.6 is 0 Å². The van der Waals surface area contributed by atoms with Crippen molar-refractivity contribution >= 4 is 11.7 Å². The minimum atomic E-state index is -0.470. The van der Waals surface area contributed by atoms with E-state index in [0.717, 1.165) is 6.42 Å².